The smallest absolute Gasteiger partial charge is 0.191 e. The minimum Gasteiger partial charge on any atom is -0.378 e. The summed E-state index contributed by atoms with van der Waals surface area (Å²) in [6.45, 7) is 3.00. The van der Waals surface area contributed by atoms with E-state index in [9.17, 15) is 4.39 Å². The third kappa shape index (κ3) is 2.87. The third-order valence-corrected chi connectivity index (χ3v) is 3.67. The number of morpholine rings is 1. The molecular formula is C14H18FN3O. The van der Waals surface area contributed by atoms with Crippen molar-refractivity contribution < 1.29 is 9.13 Å². The lowest BCUT2D eigenvalue weighted by Gasteiger charge is -2.27. The van der Waals surface area contributed by atoms with Crippen LogP contribution >= 0.6 is 0 Å². The number of halogens is 1. The quantitative estimate of drug-likeness (QED) is 0.647. The maximum Gasteiger partial charge on any atom is 0.191 e. The molecule has 2 aliphatic rings. The monoisotopic (exact) mass is 263 g/mol. The second-order valence-electron chi connectivity index (χ2n) is 5.05. The van der Waals surface area contributed by atoms with Crippen molar-refractivity contribution in [3.63, 3.8) is 0 Å². The van der Waals surface area contributed by atoms with Gasteiger partial charge in [-0.2, -0.15) is 0 Å². The second kappa shape index (κ2) is 5.17. The van der Waals surface area contributed by atoms with Crippen LogP contribution in [0, 0.1) is 5.82 Å². The van der Waals surface area contributed by atoms with Crippen LogP contribution in [0.15, 0.2) is 29.3 Å². The van der Waals surface area contributed by atoms with E-state index in [1.54, 1.807) is 12.1 Å². The lowest BCUT2D eigenvalue weighted by atomic mass is 10.1. The Balaban J connectivity index is 1.63. The molecule has 0 aromatic heterocycles. The molecule has 2 N–H and O–H groups in total. The number of ether oxygens (including phenoxy) is 1. The molecule has 0 bridgehead atoms. The topological polar surface area (TPSA) is 50.8 Å². The molecule has 1 saturated carbocycles. The first-order valence-corrected chi connectivity index (χ1v) is 6.65. The molecule has 5 heteroatoms. The van der Waals surface area contributed by atoms with Crippen molar-refractivity contribution in [2.24, 2.45) is 10.7 Å². The fourth-order valence-corrected chi connectivity index (χ4v) is 2.46. The van der Waals surface area contributed by atoms with Crippen LogP contribution < -0.4 is 5.73 Å². The highest BCUT2D eigenvalue weighted by molar-refractivity contribution is 5.78. The molecule has 19 heavy (non-hydrogen) atoms. The summed E-state index contributed by atoms with van der Waals surface area (Å²) in [5.41, 5.74) is 7.02. The highest BCUT2D eigenvalue weighted by Gasteiger charge is 2.39. The van der Waals surface area contributed by atoms with Crippen molar-refractivity contribution in [2.45, 2.75) is 18.4 Å². The van der Waals surface area contributed by atoms with E-state index in [2.05, 4.69) is 4.99 Å². The summed E-state index contributed by atoms with van der Waals surface area (Å²) in [4.78, 5) is 6.59. The van der Waals surface area contributed by atoms with Gasteiger partial charge >= 0.3 is 0 Å². The van der Waals surface area contributed by atoms with Crippen LogP contribution in [0.5, 0.6) is 0 Å². The van der Waals surface area contributed by atoms with Gasteiger partial charge in [0.05, 0.1) is 19.3 Å². The number of benzene rings is 1. The molecule has 2 atom stereocenters. The lowest BCUT2D eigenvalue weighted by Crippen LogP contribution is -2.45. The zero-order valence-electron chi connectivity index (χ0n) is 10.8. The SMILES string of the molecule is NC(=NC1CC1c1cccc(F)c1)N1CCOCC1. The van der Waals surface area contributed by atoms with Crippen LogP contribution in [0.1, 0.15) is 17.9 Å². The summed E-state index contributed by atoms with van der Waals surface area (Å²) in [6, 6.07) is 6.95. The molecule has 1 aliphatic carbocycles. The number of hydrogen-bond donors (Lipinski definition) is 1. The van der Waals surface area contributed by atoms with Crippen molar-refractivity contribution in [3.8, 4) is 0 Å². The molecule has 1 aromatic rings. The molecule has 0 spiro atoms. The van der Waals surface area contributed by atoms with Gasteiger partial charge in [-0.05, 0) is 24.1 Å². The summed E-state index contributed by atoms with van der Waals surface area (Å²) >= 11 is 0. The highest BCUT2D eigenvalue weighted by atomic mass is 19.1. The predicted molar refractivity (Wildman–Crippen MR) is 71.6 cm³/mol. The molecular weight excluding hydrogens is 245 g/mol. The van der Waals surface area contributed by atoms with E-state index in [1.807, 2.05) is 11.0 Å². The number of rotatable bonds is 2. The molecule has 1 saturated heterocycles. The predicted octanol–water partition coefficient (Wildman–Crippen LogP) is 1.33. The van der Waals surface area contributed by atoms with Gasteiger partial charge in [0.1, 0.15) is 5.82 Å². The minimum atomic E-state index is -0.187. The second-order valence-corrected chi connectivity index (χ2v) is 5.05. The van der Waals surface area contributed by atoms with Crippen molar-refractivity contribution in [1.29, 1.82) is 0 Å². The van der Waals surface area contributed by atoms with Gasteiger partial charge in [0.25, 0.3) is 0 Å². The Labute approximate surface area is 112 Å². The molecule has 0 radical (unpaired) electrons. The first-order chi connectivity index (χ1) is 9.24. The Morgan fingerprint density at radius 1 is 1.37 bits per heavy atom. The van der Waals surface area contributed by atoms with Crippen molar-refractivity contribution in [2.75, 3.05) is 26.3 Å². The summed E-state index contributed by atoms with van der Waals surface area (Å²) < 4.78 is 18.4. The highest BCUT2D eigenvalue weighted by Crippen LogP contribution is 2.43. The third-order valence-electron chi connectivity index (χ3n) is 3.67. The average molecular weight is 263 g/mol. The van der Waals surface area contributed by atoms with Gasteiger partial charge in [0.15, 0.2) is 5.96 Å². The number of aliphatic imine (C=N–C) groups is 1. The molecule has 4 nitrogen and oxygen atoms in total. The van der Waals surface area contributed by atoms with Gasteiger partial charge in [0.2, 0.25) is 0 Å². The van der Waals surface area contributed by atoms with Gasteiger partial charge in [-0.25, -0.2) is 9.38 Å². The van der Waals surface area contributed by atoms with Crippen LogP contribution in [0.25, 0.3) is 0 Å². The Hall–Kier alpha value is -1.62. The van der Waals surface area contributed by atoms with Crippen molar-refractivity contribution in [1.82, 2.24) is 4.90 Å². The molecule has 1 aliphatic heterocycles. The zero-order chi connectivity index (χ0) is 13.2. The molecule has 1 heterocycles. The summed E-state index contributed by atoms with van der Waals surface area (Å²) in [6.07, 6.45) is 0.953. The molecule has 102 valence electrons. The number of guanidine groups is 1. The van der Waals surface area contributed by atoms with Crippen molar-refractivity contribution >= 4 is 5.96 Å². The standard InChI is InChI=1S/C14H18FN3O/c15-11-3-1-2-10(8-11)12-9-13(12)17-14(16)18-4-6-19-7-5-18/h1-3,8,12-13H,4-7,9H2,(H2,16,17). The largest absolute Gasteiger partial charge is 0.378 e. The average Bonchev–Trinajstić information content (AvgIpc) is 3.19. The van der Waals surface area contributed by atoms with Crippen LogP contribution in [0.2, 0.25) is 0 Å². The summed E-state index contributed by atoms with van der Waals surface area (Å²) in [5.74, 6) is 0.718. The Morgan fingerprint density at radius 3 is 2.89 bits per heavy atom. The van der Waals surface area contributed by atoms with Crippen molar-refractivity contribution in [3.05, 3.63) is 35.6 Å². The van der Waals surface area contributed by atoms with Crippen LogP contribution in [-0.4, -0.2) is 43.2 Å². The van der Waals surface area contributed by atoms with E-state index in [1.165, 1.54) is 6.07 Å². The molecule has 1 aromatic carbocycles. The van der Waals surface area contributed by atoms with E-state index in [0.29, 0.717) is 25.1 Å². The fraction of sp³-hybridized carbons (Fsp3) is 0.500. The minimum absolute atomic E-state index is 0.187. The molecule has 3 rings (SSSR count). The number of hydrogen-bond acceptors (Lipinski definition) is 2. The van der Waals surface area contributed by atoms with E-state index < -0.39 is 0 Å². The Morgan fingerprint density at radius 2 is 2.16 bits per heavy atom. The van der Waals surface area contributed by atoms with Crippen LogP contribution in [0.3, 0.4) is 0 Å². The normalized spacial score (nSPS) is 27.4. The maximum absolute atomic E-state index is 13.2. The summed E-state index contributed by atoms with van der Waals surface area (Å²) in [5, 5.41) is 0. The first-order valence-electron chi connectivity index (χ1n) is 6.65. The maximum atomic E-state index is 13.2. The van der Waals surface area contributed by atoms with E-state index >= 15 is 0 Å². The van der Waals surface area contributed by atoms with Gasteiger partial charge in [0, 0.05) is 19.0 Å². The summed E-state index contributed by atoms with van der Waals surface area (Å²) in [7, 11) is 0. The van der Waals surface area contributed by atoms with Crippen LogP contribution in [0.4, 0.5) is 4.39 Å². The van der Waals surface area contributed by atoms with Gasteiger partial charge < -0.3 is 15.4 Å². The number of nitrogens with zero attached hydrogens (tertiary/aromatic N) is 2. The first kappa shape index (κ1) is 12.4. The van der Waals surface area contributed by atoms with E-state index in [4.69, 9.17) is 10.5 Å². The van der Waals surface area contributed by atoms with E-state index in [-0.39, 0.29) is 11.9 Å². The molecule has 0 amide bonds. The lowest BCUT2D eigenvalue weighted by molar-refractivity contribution is 0.0674. The zero-order valence-corrected chi connectivity index (χ0v) is 10.8. The molecule has 2 unspecified atom stereocenters. The Kier molecular flexibility index (Phi) is 3.38. The molecule has 2 fully saturated rings. The fourth-order valence-electron chi connectivity index (χ4n) is 2.46. The Bertz CT molecular complexity index is 485. The van der Waals surface area contributed by atoms with Gasteiger partial charge in [-0.1, -0.05) is 12.1 Å². The van der Waals surface area contributed by atoms with Crippen LogP contribution in [-0.2, 0) is 4.74 Å². The number of nitrogens with two attached hydrogens (primary N) is 1. The van der Waals surface area contributed by atoms with E-state index in [0.717, 1.165) is 25.1 Å². The van der Waals surface area contributed by atoms with Gasteiger partial charge in [-0.3, -0.25) is 0 Å². The van der Waals surface area contributed by atoms with Gasteiger partial charge in [-0.15, -0.1) is 0 Å².